The van der Waals surface area contributed by atoms with Crippen LogP contribution in [-0.2, 0) is 9.59 Å². The number of benzene rings is 2. The van der Waals surface area contributed by atoms with E-state index in [1.54, 1.807) is 24.3 Å². The Labute approximate surface area is 199 Å². The highest BCUT2D eigenvalue weighted by atomic mass is 79.9. The number of hydrogen-bond acceptors (Lipinski definition) is 5. The lowest BCUT2D eigenvalue weighted by Crippen LogP contribution is -2.24. The molecule has 0 bridgehead atoms. The normalized spacial score (nSPS) is 10.9. The fourth-order valence-corrected chi connectivity index (χ4v) is 3.27. The molecule has 2 aromatic carbocycles. The Morgan fingerprint density at radius 1 is 1.16 bits per heavy atom. The fourth-order valence-electron chi connectivity index (χ4n) is 2.42. The molecule has 31 heavy (non-hydrogen) atoms. The van der Waals surface area contributed by atoms with Gasteiger partial charge in [0.25, 0.3) is 0 Å². The zero-order valence-corrected chi connectivity index (χ0v) is 20.3. The summed E-state index contributed by atoms with van der Waals surface area (Å²) in [6, 6.07) is 8.17. The van der Waals surface area contributed by atoms with Gasteiger partial charge < -0.3 is 14.8 Å². The summed E-state index contributed by atoms with van der Waals surface area (Å²) in [6.07, 6.45) is 1.01. The van der Waals surface area contributed by atoms with Crippen LogP contribution in [-0.4, -0.2) is 30.7 Å². The number of hydrazone groups is 1. The molecular formula is C21H22BrCl2N3O4. The third-order valence-corrected chi connectivity index (χ3v) is 4.94. The second-order valence-electron chi connectivity index (χ2n) is 6.58. The number of hydrogen-bond donors (Lipinski definition) is 2. The van der Waals surface area contributed by atoms with E-state index in [0.29, 0.717) is 43.9 Å². The Kier molecular flexibility index (Phi) is 9.61. The van der Waals surface area contributed by atoms with Crippen molar-refractivity contribution in [1.29, 1.82) is 0 Å². The molecule has 166 valence electrons. The average molecular weight is 531 g/mol. The van der Waals surface area contributed by atoms with Crippen LogP contribution in [0.25, 0.3) is 0 Å². The van der Waals surface area contributed by atoms with Crippen molar-refractivity contribution in [2.75, 3.05) is 11.9 Å². The van der Waals surface area contributed by atoms with Gasteiger partial charge in [0, 0.05) is 5.69 Å². The minimum Gasteiger partial charge on any atom is -0.490 e. The minimum atomic E-state index is -0.572. The molecule has 2 rings (SSSR count). The molecule has 2 N–H and O–H groups in total. The van der Waals surface area contributed by atoms with Crippen LogP contribution in [0.15, 0.2) is 39.9 Å². The highest BCUT2D eigenvalue weighted by molar-refractivity contribution is 9.10. The van der Waals surface area contributed by atoms with E-state index < -0.39 is 18.2 Å². The van der Waals surface area contributed by atoms with Crippen molar-refractivity contribution < 1.29 is 19.1 Å². The van der Waals surface area contributed by atoms with Crippen molar-refractivity contribution in [2.45, 2.75) is 33.3 Å². The molecule has 0 aliphatic carbocycles. The maximum atomic E-state index is 12.0. The summed E-state index contributed by atoms with van der Waals surface area (Å²) in [5, 5.41) is 7.14. The molecule has 0 aliphatic rings. The number of ether oxygens (including phenoxy) is 2. The molecule has 10 heteroatoms. The molecule has 0 spiro atoms. The smallest absolute Gasteiger partial charge is 0.249 e. The summed E-state index contributed by atoms with van der Waals surface area (Å²) in [7, 11) is 0. The van der Waals surface area contributed by atoms with Crippen LogP contribution in [0.2, 0.25) is 10.0 Å². The molecule has 2 amide bonds. The third-order valence-electron chi connectivity index (χ3n) is 3.61. The molecule has 7 nitrogen and oxygen atoms in total. The van der Waals surface area contributed by atoms with E-state index in [1.807, 2.05) is 20.8 Å². The van der Waals surface area contributed by atoms with E-state index in [1.165, 1.54) is 12.3 Å². The fraction of sp³-hybridized carbons (Fsp3) is 0.286. The molecule has 0 unspecified atom stereocenters. The first-order valence-electron chi connectivity index (χ1n) is 9.39. The largest absolute Gasteiger partial charge is 0.490 e. The van der Waals surface area contributed by atoms with E-state index >= 15 is 0 Å². The molecule has 2 aromatic rings. The van der Waals surface area contributed by atoms with Crippen LogP contribution in [0.5, 0.6) is 11.5 Å². The number of carbonyl (C=O) groups excluding carboxylic acids is 2. The molecule has 0 aliphatic heterocycles. The minimum absolute atomic E-state index is 0.0237. The van der Waals surface area contributed by atoms with Gasteiger partial charge in [-0.05, 0) is 72.6 Å². The Hall–Kier alpha value is -2.29. The van der Waals surface area contributed by atoms with Crippen molar-refractivity contribution in [3.05, 3.63) is 50.4 Å². The van der Waals surface area contributed by atoms with Crippen LogP contribution in [0.1, 0.15) is 32.8 Å². The van der Waals surface area contributed by atoms with Gasteiger partial charge in [0.05, 0.1) is 33.4 Å². The summed E-state index contributed by atoms with van der Waals surface area (Å²) in [5.41, 5.74) is 3.43. The topological polar surface area (TPSA) is 89.0 Å². The number of rotatable bonds is 9. The Balaban J connectivity index is 1.96. The van der Waals surface area contributed by atoms with Crippen molar-refractivity contribution in [2.24, 2.45) is 5.10 Å². The zero-order chi connectivity index (χ0) is 23.0. The molecule has 0 aromatic heterocycles. The van der Waals surface area contributed by atoms with Gasteiger partial charge in [0.15, 0.2) is 11.5 Å². The highest BCUT2D eigenvalue weighted by Crippen LogP contribution is 2.37. The Morgan fingerprint density at radius 3 is 2.55 bits per heavy atom. The summed E-state index contributed by atoms with van der Waals surface area (Å²) in [4.78, 5) is 24.0. The molecule has 0 saturated carbocycles. The van der Waals surface area contributed by atoms with Gasteiger partial charge in [0.2, 0.25) is 11.8 Å². The predicted molar refractivity (Wildman–Crippen MR) is 127 cm³/mol. The maximum absolute atomic E-state index is 12.0. The lowest BCUT2D eigenvalue weighted by Gasteiger charge is -2.16. The maximum Gasteiger partial charge on any atom is 0.249 e. The molecular weight excluding hydrogens is 509 g/mol. The van der Waals surface area contributed by atoms with Gasteiger partial charge in [-0.2, -0.15) is 5.10 Å². The van der Waals surface area contributed by atoms with Crippen molar-refractivity contribution in [3.63, 3.8) is 0 Å². The second kappa shape index (κ2) is 11.9. The Bertz CT molecular complexity index is 983. The quantitative estimate of drug-likeness (QED) is 0.257. The van der Waals surface area contributed by atoms with Crippen molar-refractivity contribution >= 4 is 62.8 Å². The number of amides is 2. The first kappa shape index (κ1) is 25.0. The summed E-state index contributed by atoms with van der Waals surface area (Å²) < 4.78 is 12.1. The third kappa shape index (κ3) is 8.05. The van der Waals surface area contributed by atoms with Gasteiger partial charge in [-0.15, -0.1) is 0 Å². The van der Waals surface area contributed by atoms with Gasteiger partial charge in [-0.25, -0.2) is 5.43 Å². The molecule has 0 heterocycles. The summed E-state index contributed by atoms with van der Waals surface area (Å²) >= 11 is 15.2. The lowest BCUT2D eigenvalue weighted by molar-refractivity contribution is -0.126. The van der Waals surface area contributed by atoms with Crippen LogP contribution in [0, 0.1) is 0 Å². The van der Waals surface area contributed by atoms with E-state index in [4.69, 9.17) is 32.7 Å². The number of carbonyl (C=O) groups is 2. The first-order chi connectivity index (χ1) is 14.7. The van der Waals surface area contributed by atoms with Crippen molar-refractivity contribution in [1.82, 2.24) is 5.43 Å². The number of halogens is 3. The average Bonchev–Trinajstić information content (AvgIpc) is 2.67. The molecule has 0 atom stereocenters. The lowest BCUT2D eigenvalue weighted by atomic mass is 10.2. The molecule has 0 radical (unpaired) electrons. The first-order valence-corrected chi connectivity index (χ1v) is 10.9. The van der Waals surface area contributed by atoms with Crippen LogP contribution in [0.4, 0.5) is 5.69 Å². The summed E-state index contributed by atoms with van der Waals surface area (Å²) in [6.45, 7) is 6.18. The molecule has 0 fully saturated rings. The number of nitrogens with zero attached hydrogens (tertiary/aromatic N) is 1. The Morgan fingerprint density at radius 2 is 1.90 bits per heavy atom. The van der Waals surface area contributed by atoms with Gasteiger partial charge >= 0.3 is 0 Å². The van der Waals surface area contributed by atoms with Gasteiger partial charge in [-0.1, -0.05) is 23.2 Å². The highest BCUT2D eigenvalue weighted by Gasteiger charge is 2.14. The number of anilines is 1. The summed E-state index contributed by atoms with van der Waals surface area (Å²) in [5.74, 6) is 0.0664. The number of nitrogens with one attached hydrogen (secondary N) is 2. The predicted octanol–water partition coefficient (Wildman–Crippen LogP) is 5.42. The van der Waals surface area contributed by atoms with Crippen LogP contribution >= 0.6 is 39.1 Å². The van der Waals surface area contributed by atoms with Crippen LogP contribution < -0.4 is 20.2 Å². The standard InChI is InChI=1S/C21H22BrCl2N3O4/c1-4-30-18-8-13(7-15(22)21(18)31-12(2)3)11-25-27-20(29)10-19(28)26-14-5-6-16(23)17(24)9-14/h5-9,11-12H,4,10H2,1-3H3,(H,26,28)(H,27,29). The van der Waals surface area contributed by atoms with Crippen LogP contribution in [0.3, 0.4) is 0 Å². The van der Waals surface area contributed by atoms with Gasteiger partial charge in [-0.3, -0.25) is 9.59 Å². The van der Waals surface area contributed by atoms with Crippen molar-refractivity contribution in [3.8, 4) is 11.5 Å². The van der Waals surface area contributed by atoms with E-state index in [2.05, 4.69) is 31.8 Å². The van der Waals surface area contributed by atoms with E-state index in [0.717, 1.165) is 0 Å². The SMILES string of the molecule is CCOc1cc(C=NNC(=O)CC(=O)Nc2ccc(Cl)c(Cl)c2)cc(Br)c1OC(C)C. The van der Waals surface area contributed by atoms with E-state index in [9.17, 15) is 9.59 Å². The monoisotopic (exact) mass is 529 g/mol. The second-order valence-corrected chi connectivity index (χ2v) is 8.25. The van der Waals surface area contributed by atoms with E-state index in [-0.39, 0.29) is 6.10 Å². The van der Waals surface area contributed by atoms with Gasteiger partial charge in [0.1, 0.15) is 6.42 Å². The zero-order valence-electron chi connectivity index (χ0n) is 17.2. The molecule has 0 saturated heterocycles.